The van der Waals surface area contributed by atoms with Crippen molar-refractivity contribution in [3.8, 4) is 5.75 Å². The van der Waals surface area contributed by atoms with Gasteiger partial charge in [0.2, 0.25) is 0 Å². The zero-order valence-electron chi connectivity index (χ0n) is 12.8. The first-order chi connectivity index (χ1) is 10.6. The second-order valence-corrected chi connectivity index (χ2v) is 4.98. The minimum atomic E-state index is -0.660. The van der Waals surface area contributed by atoms with Crippen LogP contribution in [-0.2, 0) is 11.2 Å². The van der Waals surface area contributed by atoms with E-state index in [-0.39, 0.29) is 11.6 Å². The van der Waals surface area contributed by atoms with Crippen molar-refractivity contribution < 1.29 is 13.9 Å². The molecule has 0 saturated carbocycles. The maximum absolute atomic E-state index is 13.6. The number of hydrogen-bond acceptors (Lipinski definition) is 2. The third kappa shape index (κ3) is 4.07. The van der Waals surface area contributed by atoms with Crippen molar-refractivity contribution in [2.75, 3.05) is 5.32 Å². The number of carbonyl (C=O) groups excluding carboxylic acids is 1. The second kappa shape index (κ2) is 7.59. The number of amides is 1. The maximum Gasteiger partial charge on any atom is 0.265 e. The molecule has 0 aliphatic rings. The normalized spacial score (nSPS) is 11.8. The summed E-state index contributed by atoms with van der Waals surface area (Å²) < 4.78 is 19.3. The summed E-state index contributed by atoms with van der Waals surface area (Å²) >= 11 is 0. The van der Waals surface area contributed by atoms with E-state index >= 15 is 0 Å². The zero-order chi connectivity index (χ0) is 15.9. The Balaban J connectivity index is 2.03. The average Bonchev–Trinajstić information content (AvgIpc) is 2.55. The molecule has 2 aromatic carbocycles. The molecule has 0 bridgehead atoms. The molecule has 22 heavy (non-hydrogen) atoms. The molecule has 0 aromatic heterocycles. The van der Waals surface area contributed by atoms with E-state index < -0.39 is 11.9 Å². The van der Waals surface area contributed by atoms with Gasteiger partial charge >= 0.3 is 0 Å². The SMILES string of the molecule is CCc1ccc(OC(CC)C(=O)Nc2ccccc2F)cc1. The Bertz CT molecular complexity index is 625. The van der Waals surface area contributed by atoms with Crippen molar-refractivity contribution in [2.24, 2.45) is 0 Å². The predicted molar refractivity (Wildman–Crippen MR) is 85.6 cm³/mol. The van der Waals surface area contributed by atoms with E-state index in [1.165, 1.54) is 17.7 Å². The van der Waals surface area contributed by atoms with Gasteiger partial charge in [-0.15, -0.1) is 0 Å². The first-order valence-electron chi connectivity index (χ1n) is 7.45. The Hall–Kier alpha value is -2.36. The van der Waals surface area contributed by atoms with Crippen LogP contribution in [-0.4, -0.2) is 12.0 Å². The van der Waals surface area contributed by atoms with E-state index in [1.54, 1.807) is 12.1 Å². The first kappa shape index (κ1) is 16.0. The number of ether oxygens (including phenoxy) is 1. The fourth-order valence-electron chi connectivity index (χ4n) is 2.07. The van der Waals surface area contributed by atoms with Crippen LogP contribution in [0.4, 0.5) is 10.1 Å². The lowest BCUT2D eigenvalue weighted by Crippen LogP contribution is -2.32. The zero-order valence-corrected chi connectivity index (χ0v) is 12.8. The highest BCUT2D eigenvalue weighted by molar-refractivity contribution is 5.94. The Labute approximate surface area is 130 Å². The summed E-state index contributed by atoms with van der Waals surface area (Å²) in [5.41, 5.74) is 1.37. The number of anilines is 1. The number of hydrogen-bond donors (Lipinski definition) is 1. The van der Waals surface area contributed by atoms with Gasteiger partial charge in [0.05, 0.1) is 5.69 Å². The minimum Gasteiger partial charge on any atom is -0.481 e. The van der Waals surface area contributed by atoms with Crippen LogP contribution in [0.15, 0.2) is 48.5 Å². The number of carbonyl (C=O) groups is 1. The van der Waals surface area contributed by atoms with Crippen molar-refractivity contribution in [1.82, 2.24) is 0 Å². The maximum atomic E-state index is 13.6. The van der Waals surface area contributed by atoms with Crippen molar-refractivity contribution in [3.63, 3.8) is 0 Å². The summed E-state index contributed by atoms with van der Waals surface area (Å²) in [5.74, 6) is -0.182. The van der Waals surface area contributed by atoms with Gasteiger partial charge in [-0.1, -0.05) is 38.1 Å². The van der Waals surface area contributed by atoms with Crippen LogP contribution in [0.25, 0.3) is 0 Å². The molecule has 2 aromatic rings. The van der Waals surface area contributed by atoms with Crippen LogP contribution in [0.3, 0.4) is 0 Å². The quantitative estimate of drug-likeness (QED) is 0.869. The van der Waals surface area contributed by atoms with E-state index in [2.05, 4.69) is 12.2 Å². The van der Waals surface area contributed by atoms with Gasteiger partial charge in [-0.25, -0.2) is 4.39 Å². The topological polar surface area (TPSA) is 38.3 Å². The summed E-state index contributed by atoms with van der Waals surface area (Å²) in [4.78, 5) is 12.2. The molecule has 3 nitrogen and oxygen atoms in total. The highest BCUT2D eigenvalue weighted by atomic mass is 19.1. The van der Waals surface area contributed by atoms with Crippen LogP contribution in [0, 0.1) is 5.82 Å². The van der Waals surface area contributed by atoms with Gasteiger partial charge < -0.3 is 10.1 Å². The summed E-state index contributed by atoms with van der Waals surface area (Å²) in [6.07, 6.45) is 0.785. The van der Waals surface area contributed by atoms with Crippen molar-refractivity contribution in [1.29, 1.82) is 0 Å². The summed E-state index contributed by atoms with van der Waals surface area (Å²) in [6.45, 7) is 3.93. The van der Waals surface area contributed by atoms with Crippen LogP contribution in [0.2, 0.25) is 0 Å². The Morgan fingerprint density at radius 3 is 2.41 bits per heavy atom. The standard InChI is InChI=1S/C18H20FNO2/c1-3-13-9-11-14(12-10-13)22-17(4-2)18(21)20-16-8-6-5-7-15(16)19/h5-12,17H,3-4H2,1-2H3,(H,20,21). The molecule has 0 radical (unpaired) electrons. The molecule has 0 aliphatic heterocycles. The molecule has 116 valence electrons. The van der Waals surface area contributed by atoms with Crippen molar-refractivity contribution in [3.05, 3.63) is 59.9 Å². The lowest BCUT2D eigenvalue weighted by molar-refractivity contribution is -0.122. The van der Waals surface area contributed by atoms with Gasteiger partial charge in [0.15, 0.2) is 6.10 Å². The highest BCUT2D eigenvalue weighted by Gasteiger charge is 2.19. The van der Waals surface area contributed by atoms with Crippen LogP contribution in [0.5, 0.6) is 5.75 Å². The Kier molecular flexibility index (Phi) is 5.53. The monoisotopic (exact) mass is 301 g/mol. The lowest BCUT2D eigenvalue weighted by atomic mass is 10.1. The third-order valence-corrected chi connectivity index (χ3v) is 3.40. The van der Waals surface area contributed by atoms with E-state index in [4.69, 9.17) is 4.74 Å². The van der Waals surface area contributed by atoms with Gasteiger partial charge in [-0.05, 0) is 42.7 Å². The van der Waals surface area contributed by atoms with Gasteiger partial charge in [0.1, 0.15) is 11.6 Å². The number of para-hydroxylation sites is 1. The summed E-state index contributed by atoms with van der Waals surface area (Å²) in [7, 11) is 0. The van der Waals surface area contributed by atoms with E-state index in [0.29, 0.717) is 12.2 Å². The van der Waals surface area contributed by atoms with Crippen LogP contribution >= 0.6 is 0 Å². The van der Waals surface area contributed by atoms with E-state index in [9.17, 15) is 9.18 Å². The van der Waals surface area contributed by atoms with Gasteiger partial charge in [-0.3, -0.25) is 4.79 Å². The minimum absolute atomic E-state index is 0.163. The second-order valence-electron chi connectivity index (χ2n) is 4.98. The van der Waals surface area contributed by atoms with Gasteiger partial charge in [-0.2, -0.15) is 0 Å². The molecule has 0 saturated heterocycles. The lowest BCUT2D eigenvalue weighted by Gasteiger charge is -2.17. The van der Waals surface area contributed by atoms with E-state index in [1.807, 2.05) is 31.2 Å². The molecule has 1 unspecified atom stereocenters. The molecule has 1 N–H and O–H groups in total. The molecular weight excluding hydrogens is 281 g/mol. The average molecular weight is 301 g/mol. The molecule has 2 rings (SSSR count). The Morgan fingerprint density at radius 2 is 1.82 bits per heavy atom. The smallest absolute Gasteiger partial charge is 0.265 e. The third-order valence-electron chi connectivity index (χ3n) is 3.40. The fourth-order valence-corrected chi connectivity index (χ4v) is 2.07. The summed E-state index contributed by atoms with van der Waals surface area (Å²) in [5, 5.41) is 2.57. The number of halogens is 1. The van der Waals surface area contributed by atoms with E-state index in [0.717, 1.165) is 6.42 Å². The Morgan fingerprint density at radius 1 is 1.14 bits per heavy atom. The molecule has 4 heteroatoms. The molecule has 0 aliphatic carbocycles. The summed E-state index contributed by atoms with van der Waals surface area (Å²) in [6, 6.07) is 13.7. The van der Waals surface area contributed by atoms with Gasteiger partial charge in [0.25, 0.3) is 5.91 Å². The molecule has 1 amide bonds. The number of aryl methyl sites for hydroxylation is 1. The molecule has 0 heterocycles. The highest BCUT2D eigenvalue weighted by Crippen LogP contribution is 2.18. The van der Waals surface area contributed by atoms with Crippen LogP contribution in [0.1, 0.15) is 25.8 Å². The molecule has 0 spiro atoms. The van der Waals surface area contributed by atoms with Crippen molar-refractivity contribution in [2.45, 2.75) is 32.8 Å². The number of nitrogens with one attached hydrogen (secondary N) is 1. The number of rotatable bonds is 6. The molecule has 0 fully saturated rings. The first-order valence-corrected chi connectivity index (χ1v) is 7.45. The van der Waals surface area contributed by atoms with Crippen molar-refractivity contribution >= 4 is 11.6 Å². The molecule has 1 atom stereocenters. The molecular formula is C18H20FNO2. The van der Waals surface area contributed by atoms with Gasteiger partial charge in [0, 0.05) is 0 Å². The van der Waals surface area contributed by atoms with Crippen LogP contribution < -0.4 is 10.1 Å². The largest absolute Gasteiger partial charge is 0.481 e. The number of benzene rings is 2. The predicted octanol–water partition coefficient (Wildman–Crippen LogP) is 4.18. The fraction of sp³-hybridized carbons (Fsp3) is 0.278.